The Morgan fingerprint density at radius 2 is 1.25 bits per heavy atom. The van der Waals surface area contributed by atoms with Gasteiger partial charge in [-0.25, -0.2) is 4.79 Å². The summed E-state index contributed by atoms with van der Waals surface area (Å²) in [4.78, 5) is 13.4. The minimum Gasteiger partial charge on any atom is -0.473 e. The molecule has 0 aliphatic heterocycles. The van der Waals surface area contributed by atoms with Gasteiger partial charge in [0, 0.05) is 0 Å². The van der Waals surface area contributed by atoms with E-state index in [0.717, 1.165) is 19.3 Å². The summed E-state index contributed by atoms with van der Waals surface area (Å²) >= 11 is 0. The number of carbonyl (C=O) groups is 1. The van der Waals surface area contributed by atoms with Crippen LogP contribution in [-0.2, 0) is 4.79 Å². The zero-order chi connectivity index (χ0) is 15.1. The Morgan fingerprint density at radius 1 is 0.850 bits per heavy atom. The average molecular weight is 282 g/mol. The average Bonchev–Trinajstić information content (AvgIpc) is 2.43. The van der Waals surface area contributed by atoms with Crippen LogP contribution in [0.3, 0.4) is 0 Å². The van der Waals surface area contributed by atoms with Crippen LogP contribution in [0.4, 0.5) is 0 Å². The molecule has 0 aliphatic rings. The van der Waals surface area contributed by atoms with Crippen LogP contribution in [0.5, 0.6) is 0 Å². The second-order valence-electron chi connectivity index (χ2n) is 5.49. The first-order valence-corrected chi connectivity index (χ1v) is 8.16. The minimum absolute atomic E-state index is 0.128. The van der Waals surface area contributed by atoms with Gasteiger partial charge in [-0.2, -0.15) is 4.79 Å². The van der Waals surface area contributed by atoms with Crippen LogP contribution < -0.4 is 0 Å². The van der Waals surface area contributed by atoms with Gasteiger partial charge in [0.1, 0.15) is 0 Å². The van der Waals surface area contributed by atoms with Crippen LogP contribution in [0.2, 0.25) is 0 Å². The minimum atomic E-state index is -1.12. The molecule has 4 nitrogen and oxygen atoms in total. The predicted octanol–water partition coefficient (Wildman–Crippen LogP) is 4.83. The lowest BCUT2D eigenvalue weighted by Gasteiger charge is -2.02. The van der Waals surface area contributed by atoms with Crippen molar-refractivity contribution >= 4 is 11.7 Å². The van der Waals surface area contributed by atoms with E-state index in [4.69, 9.17) is 10.6 Å². The molecule has 4 heteroatoms. The highest BCUT2D eigenvalue weighted by molar-refractivity contribution is 6.32. The summed E-state index contributed by atoms with van der Waals surface area (Å²) in [6.45, 7) is 2.24. The van der Waals surface area contributed by atoms with E-state index in [0.29, 0.717) is 6.42 Å². The molecule has 0 aliphatic carbocycles. The van der Waals surface area contributed by atoms with E-state index < -0.39 is 5.97 Å². The van der Waals surface area contributed by atoms with Gasteiger partial charge in [0.25, 0.3) is 0 Å². The fourth-order valence-corrected chi connectivity index (χ4v) is 2.33. The lowest BCUT2D eigenvalue weighted by atomic mass is 10.0. The van der Waals surface area contributed by atoms with Crippen molar-refractivity contribution in [1.29, 1.82) is 0 Å². The van der Waals surface area contributed by atoms with Gasteiger partial charge in [-0.05, 0) is 6.42 Å². The molecule has 0 aromatic rings. The second-order valence-corrected chi connectivity index (χ2v) is 5.49. The smallest absolute Gasteiger partial charge is 0.414 e. The van der Waals surface area contributed by atoms with Crippen LogP contribution in [0, 0.1) is 0 Å². The normalized spacial score (nSPS) is 10.2. The quantitative estimate of drug-likeness (QED) is 0.214. The molecule has 0 saturated heterocycles. The third-order valence-electron chi connectivity index (χ3n) is 3.63. The molecule has 0 amide bonds. The number of unbranched alkanes of at least 4 members (excludes halogenated alkanes) is 11. The molecular formula is C16H30N2O2. The number of carboxylic acid groups (broad SMARTS) is 1. The van der Waals surface area contributed by atoms with Crippen LogP contribution in [-0.4, -0.2) is 21.6 Å². The zero-order valence-electron chi connectivity index (χ0n) is 12.9. The molecule has 0 atom stereocenters. The maximum atomic E-state index is 10.6. The Bertz CT molecular complexity index is 297. The summed E-state index contributed by atoms with van der Waals surface area (Å²) in [6.07, 6.45) is 15.3. The molecule has 0 aromatic heterocycles. The Labute approximate surface area is 123 Å². The number of hydrogen-bond donors (Lipinski definition) is 1. The first-order chi connectivity index (χ1) is 9.72. The van der Waals surface area contributed by atoms with Crippen molar-refractivity contribution in [3.8, 4) is 0 Å². The fourth-order valence-electron chi connectivity index (χ4n) is 2.33. The molecule has 0 bridgehead atoms. The molecule has 1 N–H and O–H groups in total. The van der Waals surface area contributed by atoms with Crippen molar-refractivity contribution in [3.05, 3.63) is 5.53 Å². The van der Waals surface area contributed by atoms with Crippen molar-refractivity contribution in [2.24, 2.45) is 0 Å². The molecule has 0 aromatic carbocycles. The van der Waals surface area contributed by atoms with Crippen molar-refractivity contribution in [1.82, 2.24) is 0 Å². The van der Waals surface area contributed by atoms with Gasteiger partial charge in [-0.1, -0.05) is 77.6 Å². The molecule has 0 saturated carbocycles. The van der Waals surface area contributed by atoms with Gasteiger partial charge in [-0.15, -0.1) is 0 Å². The van der Waals surface area contributed by atoms with E-state index in [1.54, 1.807) is 0 Å². The van der Waals surface area contributed by atoms with Crippen LogP contribution in [0.15, 0.2) is 0 Å². The molecule has 0 unspecified atom stereocenters. The predicted molar refractivity (Wildman–Crippen MR) is 82.0 cm³/mol. The Hall–Kier alpha value is -1.15. The van der Waals surface area contributed by atoms with Gasteiger partial charge in [-0.3, -0.25) is 0 Å². The van der Waals surface area contributed by atoms with Crippen LogP contribution >= 0.6 is 0 Å². The summed E-state index contributed by atoms with van der Waals surface area (Å²) in [6, 6.07) is 0. The SMILES string of the molecule is CCCCCCCCCCCCCCC(=[N+]=[N-])C(=O)O. The highest BCUT2D eigenvalue weighted by Crippen LogP contribution is 2.12. The highest BCUT2D eigenvalue weighted by atomic mass is 16.4. The number of aliphatic carboxylic acids is 1. The molecule has 0 fully saturated rings. The van der Waals surface area contributed by atoms with E-state index in [2.05, 4.69) is 11.7 Å². The van der Waals surface area contributed by atoms with E-state index in [1.807, 2.05) is 0 Å². The van der Waals surface area contributed by atoms with E-state index >= 15 is 0 Å². The van der Waals surface area contributed by atoms with Gasteiger partial charge in [0.05, 0.1) is 6.42 Å². The van der Waals surface area contributed by atoms with Crippen molar-refractivity contribution in [3.63, 3.8) is 0 Å². The van der Waals surface area contributed by atoms with Gasteiger partial charge >= 0.3 is 11.7 Å². The van der Waals surface area contributed by atoms with Crippen molar-refractivity contribution in [2.45, 2.75) is 90.4 Å². The topological polar surface area (TPSA) is 73.7 Å². The van der Waals surface area contributed by atoms with Crippen molar-refractivity contribution < 1.29 is 14.7 Å². The Balaban J connectivity index is 3.21. The number of rotatable bonds is 14. The molecule has 0 rings (SSSR count). The number of carboxylic acids is 1. The van der Waals surface area contributed by atoms with Crippen molar-refractivity contribution in [2.75, 3.05) is 0 Å². The third kappa shape index (κ3) is 11.9. The van der Waals surface area contributed by atoms with E-state index in [1.165, 1.54) is 57.8 Å². The first kappa shape index (κ1) is 18.9. The standard InChI is InChI=1S/C16H30N2O2/c1-2-3-4-5-6-7-8-9-10-11-12-13-14-15(18-17)16(19)20/h2-14H2,1H3,(H,19,20). The maximum Gasteiger partial charge on any atom is 0.414 e. The molecular weight excluding hydrogens is 252 g/mol. The second kappa shape index (κ2) is 14.3. The largest absolute Gasteiger partial charge is 0.473 e. The van der Waals surface area contributed by atoms with E-state index in [9.17, 15) is 4.79 Å². The van der Waals surface area contributed by atoms with Gasteiger partial charge < -0.3 is 10.6 Å². The molecule has 116 valence electrons. The Morgan fingerprint density at radius 3 is 1.60 bits per heavy atom. The summed E-state index contributed by atoms with van der Waals surface area (Å²) < 4.78 is 0. The van der Waals surface area contributed by atoms with Crippen LogP contribution in [0.25, 0.3) is 5.53 Å². The summed E-state index contributed by atoms with van der Waals surface area (Å²) in [5, 5.41) is 8.66. The molecule has 0 radical (unpaired) electrons. The lowest BCUT2D eigenvalue weighted by Crippen LogP contribution is -2.13. The summed E-state index contributed by atoms with van der Waals surface area (Å²) in [5.74, 6) is -1.12. The summed E-state index contributed by atoms with van der Waals surface area (Å²) in [7, 11) is 0. The monoisotopic (exact) mass is 282 g/mol. The Kier molecular flexibility index (Phi) is 13.4. The van der Waals surface area contributed by atoms with E-state index in [-0.39, 0.29) is 5.71 Å². The highest BCUT2D eigenvalue weighted by Gasteiger charge is 2.16. The lowest BCUT2D eigenvalue weighted by molar-refractivity contribution is -0.134. The molecule has 0 spiro atoms. The van der Waals surface area contributed by atoms with Gasteiger partial charge in [0.15, 0.2) is 0 Å². The first-order valence-electron chi connectivity index (χ1n) is 8.16. The maximum absolute atomic E-state index is 10.6. The molecule has 20 heavy (non-hydrogen) atoms. The molecule has 0 heterocycles. The number of hydrogen-bond acceptors (Lipinski definition) is 1. The fraction of sp³-hybridized carbons (Fsp3) is 0.875. The van der Waals surface area contributed by atoms with Crippen LogP contribution in [0.1, 0.15) is 90.4 Å². The number of nitrogens with zero attached hydrogens (tertiary/aromatic N) is 2. The van der Waals surface area contributed by atoms with Gasteiger partial charge in [0.2, 0.25) is 0 Å². The summed E-state index contributed by atoms with van der Waals surface area (Å²) in [5.41, 5.74) is 8.35. The zero-order valence-corrected chi connectivity index (χ0v) is 12.9. The third-order valence-corrected chi connectivity index (χ3v) is 3.63.